The van der Waals surface area contributed by atoms with Crippen molar-refractivity contribution in [3.8, 4) is 0 Å². The molecule has 0 aliphatic carbocycles. The van der Waals surface area contributed by atoms with Gasteiger partial charge in [0.25, 0.3) is 0 Å². The molecule has 14 heavy (non-hydrogen) atoms. The van der Waals surface area contributed by atoms with Gasteiger partial charge >= 0.3 is 0 Å². The van der Waals surface area contributed by atoms with E-state index in [0.29, 0.717) is 5.56 Å². The molecule has 3 nitrogen and oxygen atoms in total. The molecule has 1 heterocycles. The summed E-state index contributed by atoms with van der Waals surface area (Å²) in [5.74, 6) is 0.758. The van der Waals surface area contributed by atoms with Crippen LogP contribution in [0.3, 0.4) is 0 Å². The van der Waals surface area contributed by atoms with Crippen molar-refractivity contribution in [3.63, 3.8) is 0 Å². The van der Waals surface area contributed by atoms with Gasteiger partial charge in [-0.3, -0.25) is 4.79 Å². The molecule has 0 fully saturated rings. The van der Waals surface area contributed by atoms with E-state index in [1.165, 1.54) is 0 Å². The molecular formula is C10H13BrN2O. The smallest absolute Gasteiger partial charge is 0.153 e. The summed E-state index contributed by atoms with van der Waals surface area (Å²) < 4.78 is 0.829. The predicted molar refractivity (Wildman–Crippen MR) is 60.9 cm³/mol. The van der Waals surface area contributed by atoms with Crippen molar-refractivity contribution in [3.05, 3.63) is 22.3 Å². The zero-order valence-corrected chi connectivity index (χ0v) is 9.91. The van der Waals surface area contributed by atoms with Crippen molar-refractivity contribution < 1.29 is 4.79 Å². The predicted octanol–water partition coefficient (Wildman–Crippen LogP) is 2.50. The third-order valence-electron chi connectivity index (χ3n) is 2.05. The number of pyridine rings is 1. The second-order valence-electron chi connectivity index (χ2n) is 2.86. The van der Waals surface area contributed by atoms with E-state index in [-0.39, 0.29) is 0 Å². The van der Waals surface area contributed by atoms with Gasteiger partial charge in [-0.25, -0.2) is 4.98 Å². The first-order chi connectivity index (χ1) is 6.72. The zero-order valence-electron chi connectivity index (χ0n) is 8.33. The van der Waals surface area contributed by atoms with Crippen molar-refractivity contribution in [2.75, 3.05) is 18.0 Å². The molecule has 0 spiro atoms. The summed E-state index contributed by atoms with van der Waals surface area (Å²) in [6.07, 6.45) is 2.55. The standard InChI is InChI=1S/C10H13BrN2O/c1-3-13(4-2)10-8(7-14)5-9(11)6-12-10/h5-7H,3-4H2,1-2H3. The molecule has 1 aromatic heterocycles. The minimum absolute atomic E-state index is 0.628. The lowest BCUT2D eigenvalue weighted by Crippen LogP contribution is -2.24. The van der Waals surface area contributed by atoms with E-state index >= 15 is 0 Å². The van der Waals surface area contributed by atoms with Crippen LogP contribution in [0.1, 0.15) is 24.2 Å². The Morgan fingerprint density at radius 3 is 2.64 bits per heavy atom. The molecule has 0 unspecified atom stereocenters. The topological polar surface area (TPSA) is 33.2 Å². The van der Waals surface area contributed by atoms with Crippen molar-refractivity contribution in [2.24, 2.45) is 0 Å². The van der Waals surface area contributed by atoms with Crippen LogP contribution in [0, 0.1) is 0 Å². The van der Waals surface area contributed by atoms with Crippen LogP contribution >= 0.6 is 15.9 Å². The van der Waals surface area contributed by atoms with E-state index in [4.69, 9.17) is 0 Å². The molecule has 0 aliphatic rings. The van der Waals surface area contributed by atoms with Crippen LogP contribution in [-0.2, 0) is 0 Å². The lowest BCUT2D eigenvalue weighted by atomic mass is 10.2. The lowest BCUT2D eigenvalue weighted by Gasteiger charge is -2.20. The summed E-state index contributed by atoms with van der Waals surface area (Å²) in [6, 6.07) is 1.79. The molecule has 1 rings (SSSR count). The van der Waals surface area contributed by atoms with Crippen LogP contribution in [0.25, 0.3) is 0 Å². The fourth-order valence-electron chi connectivity index (χ4n) is 1.32. The highest BCUT2D eigenvalue weighted by molar-refractivity contribution is 9.10. The third-order valence-corrected chi connectivity index (χ3v) is 2.49. The Labute approximate surface area is 92.3 Å². The fraction of sp³-hybridized carbons (Fsp3) is 0.400. The van der Waals surface area contributed by atoms with Crippen molar-refractivity contribution in [1.29, 1.82) is 0 Å². The molecule has 0 atom stereocenters. The molecule has 0 bridgehead atoms. The molecule has 0 N–H and O–H groups in total. The van der Waals surface area contributed by atoms with Crippen molar-refractivity contribution >= 4 is 28.0 Å². The lowest BCUT2D eigenvalue weighted by molar-refractivity contribution is 0.112. The Morgan fingerprint density at radius 2 is 2.14 bits per heavy atom. The van der Waals surface area contributed by atoms with Gasteiger partial charge in [-0.15, -0.1) is 0 Å². The zero-order chi connectivity index (χ0) is 10.6. The van der Waals surface area contributed by atoms with Gasteiger partial charge in [0, 0.05) is 23.8 Å². The van der Waals surface area contributed by atoms with Gasteiger partial charge in [-0.05, 0) is 35.8 Å². The molecule has 0 aliphatic heterocycles. The maximum atomic E-state index is 10.8. The van der Waals surface area contributed by atoms with Gasteiger partial charge in [-0.2, -0.15) is 0 Å². The summed E-state index contributed by atoms with van der Waals surface area (Å²) in [4.78, 5) is 17.1. The van der Waals surface area contributed by atoms with Gasteiger partial charge in [-0.1, -0.05) is 0 Å². The average molecular weight is 257 g/mol. The number of hydrogen-bond acceptors (Lipinski definition) is 3. The van der Waals surface area contributed by atoms with E-state index in [9.17, 15) is 4.79 Å². The molecular weight excluding hydrogens is 244 g/mol. The first-order valence-corrected chi connectivity index (χ1v) is 5.37. The molecule has 0 saturated carbocycles. The molecule has 0 aromatic carbocycles. The highest BCUT2D eigenvalue weighted by Crippen LogP contribution is 2.19. The monoisotopic (exact) mass is 256 g/mol. The summed E-state index contributed by atoms with van der Waals surface area (Å²) >= 11 is 3.29. The highest BCUT2D eigenvalue weighted by atomic mass is 79.9. The summed E-state index contributed by atoms with van der Waals surface area (Å²) in [7, 11) is 0. The first kappa shape index (κ1) is 11.2. The second-order valence-corrected chi connectivity index (χ2v) is 3.77. The van der Waals surface area contributed by atoms with Crippen LogP contribution in [0.15, 0.2) is 16.7 Å². The number of halogens is 1. The van der Waals surface area contributed by atoms with Gasteiger partial charge in [0.05, 0.1) is 5.56 Å². The number of rotatable bonds is 4. The van der Waals surface area contributed by atoms with E-state index in [0.717, 1.165) is 29.7 Å². The van der Waals surface area contributed by atoms with Gasteiger partial charge in [0.2, 0.25) is 0 Å². The Hall–Kier alpha value is -0.900. The first-order valence-electron chi connectivity index (χ1n) is 4.58. The Kier molecular flexibility index (Phi) is 4.07. The van der Waals surface area contributed by atoms with Gasteiger partial charge < -0.3 is 4.90 Å². The molecule has 0 amide bonds. The van der Waals surface area contributed by atoms with Crippen LogP contribution < -0.4 is 4.90 Å². The molecule has 76 valence electrons. The van der Waals surface area contributed by atoms with Crippen LogP contribution in [0.5, 0.6) is 0 Å². The number of carbonyl (C=O) groups is 1. The largest absolute Gasteiger partial charge is 0.357 e. The van der Waals surface area contributed by atoms with Crippen LogP contribution in [-0.4, -0.2) is 24.4 Å². The molecule has 0 saturated heterocycles. The summed E-state index contributed by atoms with van der Waals surface area (Å²) in [6.45, 7) is 5.79. The third kappa shape index (κ3) is 2.32. The highest BCUT2D eigenvalue weighted by Gasteiger charge is 2.09. The van der Waals surface area contributed by atoms with Crippen LogP contribution in [0.4, 0.5) is 5.82 Å². The summed E-state index contributed by atoms with van der Waals surface area (Å²) in [5, 5.41) is 0. The molecule has 4 heteroatoms. The van der Waals surface area contributed by atoms with E-state index in [1.54, 1.807) is 12.3 Å². The number of hydrogen-bond donors (Lipinski definition) is 0. The number of aromatic nitrogens is 1. The second kappa shape index (κ2) is 5.10. The number of carbonyl (C=O) groups excluding carboxylic acids is 1. The number of anilines is 1. The minimum atomic E-state index is 0.628. The Bertz CT molecular complexity index is 324. The molecule has 0 radical (unpaired) electrons. The van der Waals surface area contributed by atoms with Gasteiger partial charge in [0.1, 0.15) is 5.82 Å². The Balaban J connectivity index is 3.12. The maximum absolute atomic E-state index is 10.8. The van der Waals surface area contributed by atoms with Crippen LogP contribution in [0.2, 0.25) is 0 Å². The summed E-state index contributed by atoms with van der Waals surface area (Å²) in [5.41, 5.74) is 0.628. The fourth-order valence-corrected chi connectivity index (χ4v) is 1.67. The minimum Gasteiger partial charge on any atom is -0.357 e. The van der Waals surface area contributed by atoms with E-state index in [2.05, 4.69) is 25.8 Å². The van der Waals surface area contributed by atoms with Gasteiger partial charge in [0.15, 0.2) is 6.29 Å². The van der Waals surface area contributed by atoms with E-state index < -0.39 is 0 Å². The normalized spacial score (nSPS) is 9.93. The van der Waals surface area contributed by atoms with Crippen molar-refractivity contribution in [1.82, 2.24) is 4.98 Å². The Morgan fingerprint density at radius 1 is 1.50 bits per heavy atom. The maximum Gasteiger partial charge on any atom is 0.153 e. The number of nitrogens with zero attached hydrogens (tertiary/aromatic N) is 2. The SMILES string of the molecule is CCN(CC)c1ncc(Br)cc1C=O. The average Bonchev–Trinajstić information content (AvgIpc) is 2.21. The molecule has 1 aromatic rings. The quantitative estimate of drug-likeness (QED) is 0.777. The van der Waals surface area contributed by atoms with Crippen molar-refractivity contribution in [2.45, 2.75) is 13.8 Å². The van der Waals surface area contributed by atoms with E-state index in [1.807, 2.05) is 13.8 Å². The number of aldehydes is 1.